The molecule has 0 saturated heterocycles. The minimum Gasteiger partial charge on any atom is -0.287 e. The fourth-order valence-electron chi connectivity index (χ4n) is 0.616. The molecule has 0 rings (SSSR count). The lowest BCUT2D eigenvalue weighted by Crippen LogP contribution is -2.15. The Morgan fingerprint density at radius 3 is 2.45 bits per heavy atom. The Morgan fingerprint density at radius 2 is 2.09 bits per heavy atom. The van der Waals surface area contributed by atoms with Crippen LogP contribution in [0.4, 0.5) is 0 Å². The molecular formula is C7H16O2S2. The summed E-state index contributed by atoms with van der Waals surface area (Å²) in [5, 5.41) is 0. The largest absolute Gasteiger partial charge is 0.287 e. The molecule has 0 aliphatic rings. The van der Waals surface area contributed by atoms with E-state index in [0.29, 0.717) is 5.75 Å². The Morgan fingerprint density at radius 1 is 1.55 bits per heavy atom. The fraction of sp³-hybridized carbons (Fsp3) is 1.00. The molecule has 0 bridgehead atoms. The highest BCUT2D eigenvalue weighted by Crippen LogP contribution is 2.04. The lowest BCUT2D eigenvalue weighted by Gasteiger charge is -2.11. The molecule has 0 radical (unpaired) electrons. The van der Waals surface area contributed by atoms with Gasteiger partial charge in [0.25, 0.3) is 0 Å². The van der Waals surface area contributed by atoms with Crippen LogP contribution in [0.5, 0.6) is 0 Å². The first-order chi connectivity index (χ1) is 5.02. The van der Waals surface area contributed by atoms with Crippen molar-refractivity contribution in [3.8, 4) is 0 Å². The van der Waals surface area contributed by atoms with Gasteiger partial charge in [0.1, 0.15) is 8.77 Å². The van der Waals surface area contributed by atoms with Gasteiger partial charge in [0.05, 0.1) is 6.10 Å². The molecule has 0 aliphatic carbocycles. The summed E-state index contributed by atoms with van der Waals surface area (Å²) in [7, 11) is -2.41. The van der Waals surface area contributed by atoms with Crippen LogP contribution in [0.3, 0.4) is 0 Å². The molecule has 2 nitrogen and oxygen atoms in total. The summed E-state index contributed by atoms with van der Waals surface area (Å²) in [6.45, 7) is 5.83. The highest BCUT2D eigenvalue weighted by Gasteiger charge is 2.09. The van der Waals surface area contributed by atoms with Crippen LogP contribution in [0.2, 0.25) is 0 Å². The minimum absolute atomic E-state index is 0.0200. The highest BCUT2D eigenvalue weighted by atomic mass is 32.8. The van der Waals surface area contributed by atoms with Crippen molar-refractivity contribution in [2.24, 2.45) is 0 Å². The lowest BCUT2D eigenvalue weighted by molar-refractivity contribution is 0.241. The Hall–Kier alpha value is 0.330. The van der Waals surface area contributed by atoms with Crippen LogP contribution in [0, 0.1) is 0 Å². The number of hydrogen-bond donors (Lipinski definition) is 0. The first-order valence-corrected chi connectivity index (χ1v) is 6.50. The van der Waals surface area contributed by atoms with E-state index >= 15 is 0 Å². The summed E-state index contributed by atoms with van der Waals surface area (Å²) in [5.74, 6) is 0.493. The zero-order chi connectivity index (χ0) is 8.91. The molecule has 68 valence electrons. The van der Waals surface area contributed by atoms with Gasteiger partial charge in [-0.3, -0.25) is 4.18 Å². The summed E-state index contributed by atoms with van der Waals surface area (Å²) in [5.41, 5.74) is 0. The summed E-state index contributed by atoms with van der Waals surface area (Å²) in [6, 6.07) is 0. The molecule has 11 heavy (non-hydrogen) atoms. The van der Waals surface area contributed by atoms with Crippen LogP contribution in [0.1, 0.15) is 33.6 Å². The quantitative estimate of drug-likeness (QED) is 0.671. The van der Waals surface area contributed by atoms with Gasteiger partial charge >= 0.3 is 0 Å². The van der Waals surface area contributed by atoms with E-state index in [1.807, 2.05) is 20.8 Å². The predicted molar refractivity (Wildman–Crippen MR) is 51.5 cm³/mol. The average Bonchev–Trinajstić information content (AvgIpc) is 1.86. The predicted octanol–water partition coefficient (Wildman–Crippen LogP) is 1.87. The molecule has 0 fully saturated rings. The van der Waals surface area contributed by atoms with Crippen molar-refractivity contribution < 1.29 is 8.39 Å². The zero-order valence-corrected chi connectivity index (χ0v) is 8.96. The van der Waals surface area contributed by atoms with Gasteiger partial charge in [-0.1, -0.05) is 13.8 Å². The van der Waals surface area contributed by atoms with Gasteiger partial charge in [-0.05, 0) is 19.8 Å². The molecule has 0 saturated carbocycles. The van der Waals surface area contributed by atoms with Crippen molar-refractivity contribution in [1.82, 2.24) is 0 Å². The maximum absolute atomic E-state index is 11.3. The Balaban J connectivity index is 3.92. The van der Waals surface area contributed by atoms with Crippen LogP contribution < -0.4 is 0 Å². The maximum Gasteiger partial charge on any atom is 0.144 e. The Labute approximate surface area is 74.2 Å². The van der Waals surface area contributed by atoms with E-state index in [1.165, 1.54) is 0 Å². The molecule has 4 heteroatoms. The van der Waals surface area contributed by atoms with E-state index in [1.54, 1.807) is 0 Å². The summed E-state index contributed by atoms with van der Waals surface area (Å²) in [6.07, 6.45) is 1.70. The topological polar surface area (TPSA) is 26.3 Å². The van der Waals surface area contributed by atoms with Crippen molar-refractivity contribution >= 4 is 20.0 Å². The van der Waals surface area contributed by atoms with E-state index in [9.17, 15) is 4.21 Å². The van der Waals surface area contributed by atoms with Gasteiger partial charge in [0.15, 0.2) is 0 Å². The monoisotopic (exact) mass is 196 g/mol. The first-order valence-electron chi connectivity index (χ1n) is 3.92. The fourth-order valence-corrected chi connectivity index (χ4v) is 2.75. The first kappa shape index (κ1) is 11.3. The van der Waals surface area contributed by atoms with Gasteiger partial charge in [0, 0.05) is 16.9 Å². The van der Waals surface area contributed by atoms with E-state index in [2.05, 4.69) is 0 Å². The molecule has 0 N–H and O–H groups in total. The van der Waals surface area contributed by atoms with Gasteiger partial charge in [-0.2, -0.15) is 0 Å². The average molecular weight is 196 g/mol. The van der Waals surface area contributed by atoms with Gasteiger partial charge in [0.2, 0.25) is 0 Å². The smallest absolute Gasteiger partial charge is 0.144 e. The third-order valence-corrected chi connectivity index (χ3v) is 3.61. The standard InChI is InChI=1S/C7H16O2S2/c1-4-6-11(8,10)9-7(3)5-2/h7H,4-6H2,1-3H3/t7-,11?/m0/s1. The van der Waals surface area contributed by atoms with Crippen molar-refractivity contribution in [2.45, 2.75) is 39.7 Å². The van der Waals surface area contributed by atoms with Gasteiger partial charge < -0.3 is 0 Å². The zero-order valence-electron chi connectivity index (χ0n) is 7.33. The third kappa shape index (κ3) is 5.58. The molecular weight excluding hydrogens is 180 g/mol. The van der Waals surface area contributed by atoms with E-state index in [0.717, 1.165) is 12.8 Å². The van der Waals surface area contributed by atoms with E-state index < -0.39 is 8.77 Å². The minimum atomic E-state index is -2.41. The Bertz CT molecular complexity index is 185. The van der Waals surface area contributed by atoms with Crippen LogP contribution in [0.25, 0.3) is 0 Å². The van der Waals surface area contributed by atoms with E-state index in [4.69, 9.17) is 15.4 Å². The summed E-state index contributed by atoms with van der Waals surface area (Å²) < 4.78 is 16.5. The molecule has 0 aliphatic heterocycles. The number of rotatable bonds is 5. The van der Waals surface area contributed by atoms with Crippen molar-refractivity contribution in [1.29, 1.82) is 0 Å². The van der Waals surface area contributed by atoms with Crippen molar-refractivity contribution in [3.05, 3.63) is 0 Å². The summed E-state index contributed by atoms with van der Waals surface area (Å²) >= 11 is 4.79. The van der Waals surface area contributed by atoms with Crippen molar-refractivity contribution in [2.75, 3.05) is 5.75 Å². The second kappa shape index (κ2) is 5.06. The van der Waals surface area contributed by atoms with Crippen molar-refractivity contribution in [3.63, 3.8) is 0 Å². The second-order valence-electron chi connectivity index (χ2n) is 2.58. The molecule has 0 aromatic carbocycles. The van der Waals surface area contributed by atoms with Crippen LogP contribution in [0.15, 0.2) is 0 Å². The number of hydrogen-bond acceptors (Lipinski definition) is 3. The maximum atomic E-state index is 11.3. The molecule has 0 spiro atoms. The third-order valence-electron chi connectivity index (χ3n) is 1.34. The van der Waals surface area contributed by atoms with Crippen LogP contribution in [-0.4, -0.2) is 16.1 Å². The molecule has 0 aromatic heterocycles. The normalized spacial score (nSPS) is 19.2. The molecule has 0 aromatic rings. The molecule has 1 unspecified atom stereocenters. The molecule has 0 heterocycles. The Kier molecular flexibility index (Phi) is 5.21. The van der Waals surface area contributed by atoms with Gasteiger partial charge in [-0.25, -0.2) is 4.21 Å². The highest BCUT2D eigenvalue weighted by molar-refractivity contribution is 8.30. The van der Waals surface area contributed by atoms with Crippen LogP contribution >= 0.6 is 0 Å². The lowest BCUT2D eigenvalue weighted by atomic mass is 10.3. The molecule has 0 amide bonds. The SMILES string of the molecule is CCCS(=O)(=S)O[C@@H](C)CC. The van der Waals surface area contributed by atoms with Crippen LogP contribution in [-0.2, 0) is 24.1 Å². The molecule has 2 atom stereocenters. The summed E-state index contributed by atoms with van der Waals surface area (Å²) in [4.78, 5) is 0. The van der Waals surface area contributed by atoms with E-state index in [-0.39, 0.29) is 6.10 Å². The van der Waals surface area contributed by atoms with Gasteiger partial charge in [-0.15, -0.1) is 0 Å². The second-order valence-corrected chi connectivity index (χ2v) is 5.82.